The Kier molecular flexibility index (Phi) is 8.68. The molecule has 13 heavy (non-hydrogen) atoms. The molecule has 0 aromatic heterocycles. The zero-order chi connectivity index (χ0) is 9.94. The Morgan fingerprint density at radius 1 is 1.38 bits per heavy atom. The molecule has 0 heterocycles. The SMILES string of the molecule is C=C/C=C\C(=C/CC)COCCC. The minimum absolute atomic E-state index is 0.714. The van der Waals surface area contributed by atoms with Gasteiger partial charge in [0, 0.05) is 6.61 Å². The van der Waals surface area contributed by atoms with E-state index in [1.165, 1.54) is 5.57 Å². The van der Waals surface area contributed by atoms with Gasteiger partial charge >= 0.3 is 0 Å². The van der Waals surface area contributed by atoms with Gasteiger partial charge in [-0.3, -0.25) is 0 Å². The number of hydrogen-bond acceptors (Lipinski definition) is 1. The largest absolute Gasteiger partial charge is 0.377 e. The van der Waals surface area contributed by atoms with Crippen LogP contribution in [-0.4, -0.2) is 13.2 Å². The van der Waals surface area contributed by atoms with Crippen LogP contribution in [0.5, 0.6) is 0 Å². The Morgan fingerprint density at radius 3 is 2.69 bits per heavy atom. The Labute approximate surface area is 81.8 Å². The van der Waals surface area contributed by atoms with Gasteiger partial charge in [0.15, 0.2) is 0 Å². The number of hydrogen-bond donors (Lipinski definition) is 0. The van der Waals surface area contributed by atoms with Crippen LogP contribution in [-0.2, 0) is 4.74 Å². The quantitative estimate of drug-likeness (QED) is 0.430. The lowest BCUT2D eigenvalue weighted by Gasteiger charge is -2.02. The Balaban J connectivity index is 3.88. The predicted molar refractivity (Wildman–Crippen MR) is 58.8 cm³/mol. The van der Waals surface area contributed by atoms with Crippen LogP contribution in [0, 0.1) is 0 Å². The van der Waals surface area contributed by atoms with E-state index in [0.29, 0.717) is 6.61 Å². The first-order valence-electron chi connectivity index (χ1n) is 4.91. The van der Waals surface area contributed by atoms with Gasteiger partial charge in [-0.25, -0.2) is 0 Å². The molecule has 0 N–H and O–H groups in total. The first-order chi connectivity index (χ1) is 6.35. The van der Waals surface area contributed by atoms with E-state index in [2.05, 4.69) is 26.5 Å². The second-order valence-corrected chi connectivity index (χ2v) is 2.83. The van der Waals surface area contributed by atoms with Crippen LogP contribution in [0.2, 0.25) is 0 Å². The molecule has 0 bridgehead atoms. The van der Waals surface area contributed by atoms with Gasteiger partial charge < -0.3 is 4.74 Å². The minimum Gasteiger partial charge on any atom is -0.377 e. The molecule has 0 aliphatic rings. The van der Waals surface area contributed by atoms with Crippen molar-refractivity contribution in [1.82, 2.24) is 0 Å². The van der Waals surface area contributed by atoms with Gasteiger partial charge in [0.1, 0.15) is 0 Å². The van der Waals surface area contributed by atoms with Gasteiger partial charge in [-0.05, 0) is 18.4 Å². The van der Waals surface area contributed by atoms with E-state index in [1.54, 1.807) is 6.08 Å². The number of allylic oxidation sites excluding steroid dienone is 3. The maximum absolute atomic E-state index is 5.44. The molecule has 0 aliphatic heterocycles. The molecule has 74 valence electrons. The van der Waals surface area contributed by atoms with Crippen molar-refractivity contribution < 1.29 is 4.74 Å². The third-order valence-corrected chi connectivity index (χ3v) is 1.53. The molecule has 0 amide bonds. The predicted octanol–water partition coefficient (Wildman–Crippen LogP) is 3.49. The maximum Gasteiger partial charge on any atom is 0.0713 e. The minimum atomic E-state index is 0.714. The van der Waals surface area contributed by atoms with Gasteiger partial charge in [0.2, 0.25) is 0 Å². The maximum atomic E-state index is 5.44. The summed E-state index contributed by atoms with van der Waals surface area (Å²) in [5, 5.41) is 0. The molecule has 0 fully saturated rings. The number of rotatable bonds is 7. The molecule has 0 aliphatic carbocycles. The Morgan fingerprint density at radius 2 is 2.15 bits per heavy atom. The van der Waals surface area contributed by atoms with Crippen molar-refractivity contribution in [1.29, 1.82) is 0 Å². The molecule has 0 saturated carbocycles. The Bertz CT molecular complexity index is 178. The lowest BCUT2D eigenvalue weighted by Crippen LogP contribution is -1.97. The first-order valence-corrected chi connectivity index (χ1v) is 4.91. The molecule has 0 spiro atoms. The average molecular weight is 180 g/mol. The fraction of sp³-hybridized carbons (Fsp3) is 0.500. The van der Waals surface area contributed by atoms with Crippen LogP contribution in [0.1, 0.15) is 26.7 Å². The fourth-order valence-corrected chi connectivity index (χ4v) is 0.963. The van der Waals surface area contributed by atoms with Gasteiger partial charge in [0.05, 0.1) is 6.61 Å². The molecule has 0 atom stereocenters. The van der Waals surface area contributed by atoms with E-state index in [1.807, 2.05) is 12.2 Å². The van der Waals surface area contributed by atoms with Gasteiger partial charge in [-0.2, -0.15) is 0 Å². The van der Waals surface area contributed by atoms with Gasteiger partial charge in [0.25, 0.3) is 0 Å². The topological polar surface area (TPSA) is 9.23 Å². The van der Waals surface area contributed by atoms with Crippen molar-refractivity contribution in [2.45, 2.75) is 26.7 Å². The van der Waals surface area contributed by atoms with Crippen LogP contribution >= 0.6 is 0 Å². The number of ether oxygens (including phenoxy) is 1. The van der Waals surface area contributed by atoms with Crippen molar-refractivity contribution in [3.63, 3.8) is 0 Å². The molecule has 0 saturated heterocycles. The summed E-state index contributed by atoms with van der Waals surface area (Å²) < 4.78 is 5.44. The highest BCUT2D eigenvalue weighted by atomic mass is 16.5. The van der Waals surface area contributed by atoms with Gasteiger partial charge in [-0.1, -0.05) is 44.7 Å². The van der Waals surface area contributed by atoms with Crippen molar-refractivity contribution in [3.05, 3.63) is 36.5 Å². The monoisotopic (exact) mass is 180 g/mol. The highest BCUT2D eigenvalue weighted by Gasteiger charge is 1.90. The standard InChI is InChI=1S/C12H20O/c1-4-7-9-12(8-5-2)11-13-10-6-3/h4,7-9H,1,5-6,10-11H2,2-3H3/b9-7-,12-8+. The van der Waals surface area contributed by atoms with Crippen LogP contribution < -0.4 is 0 Å². The molecule has 1 heteroatoms. The van der Waals surface area contributed by atoms with Crippen molar-refractivity contribution in [2.75, 3.05) is 13.2 Å². The molecule has 1 nitrogen and oxygen atoms in total. The normalized spacial score (nSPS) is 12.3. The third-order valence-electron chi connectivity index (χ3n) is 1.53. The highest BCUT2D eigenvalue weighted by molar-refractivity contribution is 5.21. The fourth-order valence-electron chi connectivity index (χ4n) is 0.963. The smallest absolute Gasteiger partial charge is 0.0713 e. The van der Waals surface area contributed by atoms with E-state index in [4.69, 9.17) is 4.74 Å². The van der Waals surface area contributed by atoms with Crippen LogP contribution in [0.15, 0.2) is 36.5 Å². The van der Waals surface area contributed by atoms with E-state index in [0.717, 1.165) is 19.4 Å². The highest BCUT2D eigenvalue weighted by Crippen LogP contribution is 2.00. The van der Waals surface area contributed by atoms with Crippen molar-refractivity contribution >= 4 is 0 Å². The molecule has 0 aromatic rings. The molecule has 0 radical (unpaired) electrons. The van der Waals surface area contributed by atoms with E-state index < -0.39 is 0 Å². The average Bonchev–Trinajstić information content (AvgIpc) is 2.14. The molecule has 0 rings (SSSR count). The summed E-state index contributed by atoms with van der Waals surface area (Å²) in [5.74, 6) is 0. The summed E-state index contributed by atoms with van der Waals surface area (Å²) in [6.07, 6.45) is 10.1. The van der Waals surface area contributed by atoms with Crippen LogP contribution in [0.4, 0.5) is 0 Å². The summed E-state index contributed by atoms with van der Waals surface area (Å²) in [6.45, 7) is 9.43. The van der Waals surface area contributed by atoms with Crippen molar-refractivity contribution in [3.8, 4) is 0 Å². The summed E-state index contributed by atoms with van der Waals surface area (Å²) in [7, 11) is 0. The third kappa shape index (κ3) is 7.54. The van der Waals surface area contributed by atoms with Crippen LogP contribution in [0.25, 0.3) is 0 Å². The molecule has 0 unspecified atom stereocenters. The zero-order valence-electron chi connectivity index (χ0n) is 8.75. The molecular weight excluding hydrogens is 160 g/mol. The van der Waals surface area contributed by atoms with Gasteiger partial charge in [-0.15, -0.1) is 0 Å². The first kappa shape index (κ1) is 12.2. The van der Waals surface area contributed by atoms with E-state index in [-0.39, 0.29) is 0 Å². The molecule has 0 aromatic carbocycles. The Hall–Kier alpha value is -0.820. The zero-order valence-corrected chi connectivity index (χ0v) is 8.75. The van der Waals surface area contributed by atoms with E-state index >= 15 is 0 Å². The van der Waals surface area contributed by atoms with Crippen LogP contribution in [0.3, 0.4) is 0 Å². The second-order valence-electron chi connectivity index (χ2n) is 2.83. The lowest BCUT2D eigenvalue weighted by atomic mass is 10.2. The lowest BCUT2D eigenvalue weighted by molar-refractivity contribution is 0.158. The van der Waals surface area contributed by atoms with E-state index in [9.17, 15) is 0 Å². The molecular formula is C12H20O. The summed E-state index contributed by atoms with van der Waals surface area (Å²) >= 11 is 0. The summed E-state index contributed by atoms with van der Waals surface area (Å²) in [5.41, 5.74) is 1.23. The summed E-state index contributed by atoms with van der Waals surface area (Å²) in [6, 6.07) is 0. The van der Waals surface area contributed by atoms with Crippen molar-refractivity contribution in [2.24, 2.45) is 0 Å². The second kappa shape index (κ2) is 9.27. The summed E-state index contributed by atoms with van der Waals surface area (Å²) in [4.78, 5) is 0.